The molecule has 5 aliphatic rings. The molecule has 0 unspecified atom stereocenters. The Bertz CT molecular complexity index is 3060. The molecule has 0 aliphatic heterocycles. The Morgan fingerprint density at radius 2 is 1.11 bits per heavy atom. The van der Waals surface area contributed by atoms with E-state index in [1.54, 1.807) is 5.56 Å². The lowest BCUT2D eigenvalue weighted by Gasteiger charge is -2.61. The van der Waals surface area contributed by atoms with Crippen LogP contribution in [-0.4, -0.2) is 19.5 Å². The fraction of sp³-hybridized carbons (Fsp3) is 0.189. The number of hydrogen-bond acceptors (Lipinski definition) is 3. The van der Waals surface area contributed by atoms with Gasteiger partial charge >= 0.3 is 0 Å². The van der Waals surface area contributed by atoms with Gasteiger partial charge in [-0.2, -0.15) is 0 Å². The largest absolute Gasteiger partial charge is 0.309 e. The summed E-state index contributed by atoms with van der Waals surface area (Å²) in [5.41, 5.74) is 12.5. The van der Waals surface area contributed by atoms with E-state index in [2.05, 4.69) is 162 Å². The van der Waals surface area contributed by atoms with Crippen molar-refractivity contribution in [2.24, 2.45) is 23.7 Å². The second kappa shape index (κ2) is 11.8. The van der Waals surface area contributed by atoms with E-state index in [0.29, 0.717) is 23.5 Å². The van der Waals surface area contributed by atoms with Crippen LogP contribution in [0.15, 0.2) is 158 Å². The smallest absolute Gasteiger partial charge is 0.164 e. The number of rotatable bonds is 4. The summed E-state index contributed by atoms with van der Waals surface area (Å²) in [6, 6.07) is 57.5. The summed E-state index contributed by atoms with van der Waals surface area (Å²) >= 11 is 0. The minimum atomic E-state index is 0.0289. The van der Waals surface area contributed by atoms with Crippen LogP contribution in [0, 0.1) is 23.7 Å². The molecule has 0 amide bonds. The molecule has 5 aliphatic carbocycles. The highest BCUT2D eigenvalue weighted by Crippen LogP contribution is 2.70. The Morgan fingerprint density at radius 1 is 0.456 bits per heavy atom. The van der Waals surface area contributed by atoms with Gasteiger partial charge in [0.1, 0.15) is 0 Å². The van der Waals surface area contributed by atoms with Crippen molar-refractivity contribution in [1.29, 1.82) is 0 Å². The molecule has 4 bridgehead atoms. The third kappa shape index (κ3) is 4.41. The molecule has 9 aromatic rings. The summed E-state index contributed by atoms with van der Waals surface area (Å²) in [5.74, 6) is 5.20. The van der Waals surface area contributed by atoms with Crippen LogP contribution >= 0.6 is 0 Å². The highest BCUT2D eigenvalue weighted by Gasteiger charge is 2.61. The molecule has 0 atom stereocenters. The molecule has 0 radical (unpaired) electrons. The summed E-state index contributed by atoms with van der Waals surface area (Å²) in [6.45, 7) is 0. The molecule has 4 heteroatoms. The number of aromatic nitrogens is 4. The summed E-state index contributed by atoms with van der Waals surface area (Å²) in [4.78, 5) is 16.1. The maximum Gasteiger partial charge on any atom is 0.164 e. The van der Waals surface area contributed by atoms with Crippen LogP contribution in [0.25, 0.3) is 83.6 Å². The van der Waals surface area contributed by atoms with Crippen molar-refractivity contribution in [1.82, 2.24) is 19.5 Å². The Balaban J connectivity index is 1.06. The van der Waals surface area contributed by atoms with E-state index in [1.165, 1.54) is 65.0 Å². The molecular weight excluding hydrogens is 693 g/mol. The van der Waals surface area contributed by atoms with Crippen molar-refractivity contribution in [2.75, 3.05) is 0 Å². The standard InChI is InChI=1S/C53H40N4/c1-3-13-35(14-4-1)50-54-51(56-52(55-50)43-19-11-21-47-49(43)42-18-9-10-20-46(42)57(47)39-15-5-2-6-16-39)36-22-24-41-45(31-36)53(37-27-32-26-33(29-37)30-38(53)28-32)44-25-23-34-12-7-8-17-40(34)48(41)44/h1-25,31-33,37-38H,26-30H2. The van der Waals surface area contributed by atoms with Gasteiger partial charge in [0.25, 0.3) is 0 Å². The van der Waals surface area contributed by atoms with Gasteiger partial charge in [-0.3, -0.25) is 0 Å². The van der Waals surface area contributed by atoms with E-state index in [9.17, 15) is 0 Å². The number of fused-ring (bicyclic) bond motifs is 8. The molecule has 0 saturated heterocycles. The van der Waals surface area contributed by atoms with E-state index < -0.39 is 0 Å². The van der Waals surface area contributed by atoms with E-state index in [4.69, 9.17) is 15.0 Å². The second-order valence-electron chi connectivity index (χ2n) is 17.2. The zero-order valence-electron chi connectivity index (χ0n) is 31.6. The number of benzene rings is 7. The maximum absolute atomic E-state index is 5.46. The van der Waals surface area contributed by atoms with Gasteiger partial charge < -0.3 is 4.57 Å². The number of para-hydroxylation sites is 2. The topological polar surface area (TPSA) is 43.6 Å². The molecule has 57 heavy (non-hydrogen) atoms. The summed E-state index contributed by atoms with van der Waals surface area (Å²) in [5, 5.41) is 5.04. The molecule has 2 aromatic heterocycles. The Morgan fingerprint density at radius 3 is 1.89 bits per heavy atom. The van der Waals surface area contributed by atoms with Crippen LogP contribution < -0.4 is 0 Å². The van der Waals surface area contributed by atoms with Gasteiger partial charge in [0.15, 0.2) is 17.5 Å². The zero-order chi connectivity index (χ0) is 37.2. The van der Waals surface area contributed by atoms with Gasteiger partial charge in [-0.1, -0.05) is 127 Å². The lowest BCUT2D eigenvalue weighted by molar-refractivity contribution is -0.0399. The Hall–Kier alpha value is -6.39. The minimum absolute atomic E-state index is 0.0289. The monoisotopic (exact) mass is 732 g/mol. The van der Waals surface area contributed by atoms with Gasteiger partial charge in [-0.25, -0.2) is 15.0 Å². The quantitative estimate of drug-likeness (QED) is 0.181. The van der Waals surface area contributed by atoms with E-state index in [0.717, 1.165) is 56.5 Å². The minimum Gasteiger partial charge on any atom is -0.309 e. The van der Waals surface area contributed by atoms with Crippen LogP contribution in [0.5, 0.6) is 0 Å². The van der Waals surface area contributed by atoms with Crippen molar-refractivity contribution in [3.63, 3.8) is 0 Å². The van der Waals surface area contributed by atoms with Gasteiger partial charge in [0, 0.05) is 38.6 Å². The Labute approximate surface area is 331 Å². The molecular formula is C53H40N4. The SMILES string of the molecule is c1ccc(-c2nc(-c3ccc4c(c3)C3(c5ccc6ccccc6c5-4)C4CC5CC(C4)CC3C5)nc(-c3cccc4c3c3ccccc3n4-c3ccccc3)n2)cc1. The first-order chi connectivity index (χ1) is 28.2. The van der Waals surface area contributed by atoms with Crippen molar-refractivity contribution in [3.05, 3.63) is 169 Å². The average molecular weight is 733 g/mol. The van der Waals surface area contributed by atoms with Gasteiger partial charge in [0.2, 0.25) is 0 Å². The molecule has 272 valence electrons. The zero-order valence-corrected chi connectivity index (χ0v) is 31.6. The molecule has 14 rings (SSSR count). The number of hydrogen-bond donors (Lipinski definition) is 0. The molecule has 4 nitrogen and oxygen atoms in total. The summed E-state index contributed by atoms with van der Waals surface area (Å²) < 4.78 is 2.36. The summed E-state index contributed by atoms with van der Waals surface area (Å²) in [6.07, 6.45) is 6.82. The molecule has 4 fully saturated rings. The highest BCUT2D eigenvalue weighted by atomic mass is 15.0. The van der Waals surface area contributed by atoms with Gasteiger partial charge in [-0.05, 0) is 119 Å². The van der Waals surface area contributed by atoms with E-state index >= 15 is 0 Å². The fourth-order valence-corrected chi connectivity index (χ4v) is 12.5. The predicted molar refractivity (Wildman–Crippen MR) is 231 cm³/mol. The van der Waals surface area contributed by atoms with Crippen LogP contribution in [0.3, 0.4) is 0 Å². The van der Waals surface area contributed by atoms with Gasteiger partial charge in [-0.15, -0.1) is 0 Å². The van der Waals surface area contributed by atoms with Crippen LogP contribution in [0.2, 0.25) is 0 Å². The number of nitrogens with zero attached hydrogens (tertiary/aromatic N) is 4. The first kappa shape index (κ1) is 31.8. The highest BCUT2D eigenvalue weighted by molar-refractivity contribution is 6.15. The molecule has 7 aromatic carbocycles. The summed E-state index contributed by atoms with van der Waals surface area (Å²) in [7, 11) is 0. The van der Waals surface area contributed by atoms with E-state index in [-0.39, 0.29) is 5.41 Å². The van der Waals surface area contributed by atoms with Crippen LogP contribution in [0.1, 0.15) is 43.2 Å². The molecule has 0 N–H and O–H groups in total. The maximum atomic E-state index is 5.46. The normalized spacial score (nSPS) is 22.8. The second-order valence-corrected chi connectivity index (χ2v) is 17.2. The first-order valence-electron chi connectivity index (χ1n) is 20.8. The van der Waals surface area contributed by atoms with E-state index in [1.807, 2.05) is 0 Å². The first-order valence-corrected chi connectivity index (χ1v) is 20.8. The van der Waals surface area contributed by atoms with Gasteiger partial charge in [0.05, 0.1) is 11.0 Å². The Kier molecular flexibility index (Phi) is 6.59. The van der Waals surface area contributed by atoms with Crippen LogP contribution in [0.4, 0.5) is 0 Å². The predicted octanol–water partition coefficient (Wildman–Crippen LogP) is 12.8. The van der Waals surface area contributed by atoms with Crippen molar-refractivity contribution < 1.29 is 0 Å². The molecule has 4 saturated carbocycles. The lowest BCUT2D eigenvalue weighted by atomic mass is 9.43. The van der Waals surface area contributed by atoms with Crippen molar-refractivity contribution >= 4 is 32.6 Å². The molecule has 2 heterocycles. The average Bonchev–Trinajstić information content (AvgIpc) is 3.76. The lowest BCUT2D eigenvalue weighted by Crippen LogP contribution is -2.55. The molecule has 1 spiro atoms. The van der Waals surface area contributed by atoms with Crippen molar-refractivity contribution in [2.45, 2.75) is 37.5 Å². The fourth-order valence-electron chi connectivity index (χ4n) is 12.5. The third-order valence-corrected chi connectivity index (χ3v) is 14.4. The third-order valence-electron chi connectivity index (χ3n) is 14.4. The van der Waals surface area contributed by atoms with Crippen molar-refractivity contribution in [3.8, 4) is 51.0 Å². The van der Waals surface area contributed by atoms with Crippen LogP contribution in [-0.2, 0) is 5.41 Å².